The van der Waals surface area contributed by atoms with Crippen LogP contribution >= 0.6 is 22.9 Å². The minimum atomic E-state index is -0.269. The Kier molecular flexibility index (Phi) is 2.72. The van der Waals surface area contributed by atoms with E-state index in [9.17, 15) is 0 Å². The van der Waals surface area contributed by atoms with Crippen LogP contribution in [0.4, 0.5) is 0 Å². The molecule has 0 bridgehead atoms. The quantitative estimate of drug-likeness (QED) is 0.734. The van der Waals surface area contributed by atoms with Crippen LogP contribution in [0, 0.1) is 0 Å². The van der Waals surface area contributed by atoms with Crippen LogP contribution in [-0.2, 0) is 6.42 Å². The van der Waals surface area contributed by atoms with Crippen LogP contribution in [0.1, 0.15) is 11.8 Å². The van der Waals surface area contributed by atoms with Crippen LogP contribution in [0.5, 0.6) is 0 Å². The van der Waals surface area contributed by atoms with Gasteiger partial charge in [-0.15, -0.1) is 11.3 Å². The lowest BCUT2D eigenvalue weighted by Gasteiger charge is -1.98. The van der Waals surface area contributed by atoms with Gasteiger partial charge in [0.25, 0.3) is 0 Å². The Balaban J connectivity index is 2.58. The second kappa shape index (κ2) is 3.37. The second-order valence-electron chi connectivity index (χ2n) is 2.26. The topological polar surface area (TPSA) is 20.2 Å². The van der Waals surface area contributed by atoms with Gasteiger partial charge in [0.2, 0.25) is 0 Å². The molecule has 1 rings (SSSR count). The van der Waals surface area contributed by atoms with Crippen LogP contribution in [-0.4, -0.2) is 11.2 Å². The molecule has 3 heteroatoms. The van der Waals surface area contributed by atoms with Crippen molar-refractivity contribution in [1.29, 1.82) is 0 Å². The van der Waals surface area contributed by atoms with E-state index in [1.807, 2.05) is 12.1 Å². The summed E-state index contributed by atoms with van der Waals surface area (Å²) in [7, 11) is 0. The van der Waals surface area contributed by atoms with Crippen molar-refractivity contribution in [2.45, 2.75) is 19.4 Å². The molecule has 1 atom stereocenters. The van der Waals surface area contributed by atoms with Crippen molar-refractivity contribution >= 4 is 22.9 Å². The van der Waals surface area contributed by atoms with Gasteiger partial charge in [-0.2, -0.15) is 0 Å². The van der Waals surface area contributed by atoms with Crippen molar-refractivity contribution in [3.63, 3.8) is 0 Å². The third-order valence-corrected chi connectivity index (χ3v) is 2.38. The molecule has 0 spiro atoms. The SMILES string of the molecule is CC(O)Cc1ccc(Cl)s1. The van der Waals surface area contributed by atoms with Crippen molar-refractivity contribution in [3.8, 4) is 0 Å². The molecule has 1 heterocycles. The second-order valence-corrected chi connectivity index (χ2v) is 4.06. The van der Waals surface area contributed by atoms with Crippen LogP contribution in [0.2, 0.25) is 4.34 Å². The van der Waals surface area contributed by atoms with Gasteiger partial charge < -0.3 is 5.11 Å². The van der Waals surface area contributed by atoms with Gasteiger partial charge in [0.1, 0.15) is 0 Å². The van der Waals surface area contributed by atoms with Crippen molar-refractivity contribution in [1.82, 2.24) is 0 Å². The molecule has 56 valence electrons. The molecule has 0 fully saturated rings. The summed E-state index contributed by atoms with van der Waals surface area (Å²) in [6, 6.07) is 3.80. The zero-order chi connectivity index (χ0) is 7.56. The first-order chi connectivity index (χ1) is 4.68. The first kappa shape index (κ1) is 8.05. The highest BCUT2D eigenvalue weighted by atomic mass is 35.5. The average Bonchev–Trinajstić information content (AvgIpc) is 2.13. The van der Waals surface area contributed by atoms with Gasteiger partial charge in [-0.1, -0.05) is 11.6 Å². The minimum absolute atomic E-state index is 0.269. The summed E-state index contributed by atoms with van der Waals surface area (Å²) in [5.41, 5.74) is 0. The molecule has 0 aliphatic heterocycles. The van der Waals surface area contributed by atoms with Gasteiger partial charge in [0.15, 0.2) is 0 Å². The first-order valence-electron chi connectivity index (χ1n) is 3.11. The van der Waals surface area contributed by atoms with E-state index in [4.69, 9.17) is 16.7 Å². The molecule has 10 heavy (non-hydrogen) atoms. The van der Waals surface area contributed by atoms with Gasteiger partial charge in [-0.25, -0.2) is 0 Å². The Bertz CT molecular complexity index is 207. The Hall–Kier alpha value is -0.0500. The zero-order valence-electron chi connectivity index (χ0n) is 5.67. The maximum absolute atomic E-state index is 8.98. The maximum atomic E-state index is 8.98. The van der Waals surface area contributed by atoms with E-state index < -0.39 is 0 Å². The summed E-state index contributed by atoms with van der Waals surface area (Å²) in [6.07, 6.45) is 0.437. The number of hydrogen-bond acceptors (Lipinski definition) is 2. The lowest BCUT2D eigenvalue weighted by atomic mass is 10.2. The maximum Gasteiger partial charge on any atom is 0.0931 e. The zero-order valence-corrected chi connectivity index (χ0v) is 7.25. The summed E-state index contributed by atoms with van der Waals surface area (Å²) in [6.45, 7) is 1.77. The van der Waals surface area contributed by atoms with E-state index in [0.29, 0.717) is 6.42 Å². The molecule has 0 saturated carbocycles. The molecule has 1 aromatic rings. The molecule has 0 amide bonds. The lowest BCUT2D eigenvalue weighted by Crippen LogP contribution is -2.01. The molecular formula is C7H9ClOS. The van der Waals surface area contributed by atoms with E-state index in [0.717, 1.165) is 9.21 Å². The van der Waals surface area contributed by atoms with Crippen molar-refractivity contribution in [2.75, 3.05) is 0 Å². The van der Waals surface area contributed by atoms with Crippen LogP contribution < -0.4 is 0 Å². The number of thiophene rings is 1. The monoisotopic (exact) mass is 176 g/mol. The third kappa shape index (κ3) is 2.29. The molecule has 1 N–H and O–H groups in total. The van der Waals surface area contributed by atoms with E-state index in [-0.39, 0.29) is 6.10 Å². The van der Waals surface area contributed by atoms with Crippen molar-refractivity contribution in [2.24, 2.45) is 0 Å². The molecular weight excluding hydrogens is 168 g/mol. The van der Waals surface area contributed by atoms with E-state index in [1.54, 1.807) is 6.92 Å². The van der Waals surface area contributed by atoms with E-state index >= 15 is 0 Å². The highest BCUT2D eigenvalue weighted by Crippen LogP contribution is 2.22. The van der Waals surface area contributed by atoms with Gasteiger partial charge in [-0.05, 0) is 19.1 Å². The summed E-state index contributed by atoms with van der Waals surface area (Å²) in [4.78, 5) is 1.14. The molecule has 0 aliphatic rings. The van der Waals surface area contributed by atoms with Crippen molar-refractivity contribution < 1.29 is 5.11 Å². The standard InChI is InChI=1S/C7H9ClOS/c1-5(9)4-6-2-3-7(8)10-6/h2-3,5,9H,4H2,1H3. The molecule has 0 saturated heterocycles. The molecule has 1 nitrogen and oxygen atoms in total. The molecule has 0 aromatic carbocycles. The Labute approximate surface area is 69.3 Å². The minimum Gasteiger partial charge on any atom is -0.393 e. The van der Waals surface area contributed by atoms with Crippen LogP contribution in [0.15, 0.2) is 12.1 Å². The molecule has 0 radical (unpaired) electrons. The number of rotatable bonds is 2. The average molecular weight is 177 g/mol. The molecule has 0 aliphatic carbocycles. The third-order valence-electron chi connectivity index (χ3n) is 1.13. The fourth-order valence-corrected chi connectivity index (χ4v) is 1.96. The largest absolute Gasteiger partial charge is 0.393 e. The van der Waals surface area contributed by atoms with E-state index in [1.165, 1.54) is 11.3 Å². The number of aliphatic hydroxyl groups is 1. The summed E-state index contributed by atoms with van der Waals surface area (Å²) in [5.74, 6) is 0. The summed E-state index contributed by atoms with van der Waals surface area (Å²) < 4.78 is 0.788. The Morgan fingerprint density at radius 1 is 1.70 bits per heavy atom. The number of hydrogen-bond donors (Lipinski definition) is 1. The number of aliphatic hydroxyl groups excluding tert-OH is 1. The highest BCUT2D eigenvalue weighted by Gasteiger charge is 2.00. The van der Waals surface area contributed by atoms with Gasteiger partial charge in [0.05, 0.1) is 10.4 Å². The van der Waals surface area contributed by atoms with Gasteiger partial charge >= 0.3 is 0 Å². The Morgan fingerprint density at radius 3 is 2.80 bits per heavy atom. The normalized spacial score (nSPS) is 13.5. The summed E-state index contributed by atoms with van der Waals surface area (Å²) >= 11 is 7.20. The smallest absolute Gasteiger partial charge is 0.0931 e. The molecule has 1 aromatic heterocycles. The predicted molar refractivity (Wildman–Crippen MR) is 44.7 cm³/mol. The summed E-state index contributed by atoms with van der Waals surface area (Å²) in [5, 5.41) is 8.98. The Morgan fingerprint density at radius 2 is 2.40 bits per heavy atom. The highest BCUT2D eigenvalue weighted by molar-refractivity contribution is 7.16. The number of halogens is 1. The van der Waals surface area contributed by atoms with Crippen molar-refractivity contribution in [3.05, 3.63) is 21.3 Å². The fourth-order valence-electron chi connectivity index (χ4n) is 0.753. The van der Waals surface area contributed by atoms with E-state index in [2.05, 4.69) is 0 Å². The lowest BCUT2D eigenvalue weighted by molar-refractivity contribution is 0.196. The fraction of sp³-hybridized carbons (Fsp3) is 0.429. The predicted octanol–water partition coefficient (Wildman–Crippen LogP) is 2.32. The molecule has 1 unspecified atom stereocenters. The van der Waals surface area contributed by atoms with Gasteiger partial charge in [0, 0.05) is 11.3 Å². The van der Waals surface area contributed by atoms with Crippen LogP contribution in [0.25, 0.3) is 0 Å². The first-order valence-corrected chi connectivity index (χ1v) is 4.30. The van der Waals surface area contributed by atoms with Gasteiger partial charge in [-0.3, -0.25) is 0 Å². The van der Waals surface area contributed by atoms with Crippen LogP contribution in [0.3, 0.4) is 0 Å².